The van der Waals surface area contributed by atoms with Crippen molar-refractivity contribution >= 4 is 11.5 Å². The van der Waals surface area contributed by atoms with Gasteiger partial charge in [0.1, 0.15) is 0 Å². The van der Waals surface area contributed by atoms with Gasteiger partial charge in [0.2, 0.25) is 11.6 Å². The number of hydrogen-bond acceptors (Lipinski definition) is 11. The molecule has 0 unspecified atom stereocenters. The Morgan fingerprint density at radius 3 is 1.61 bits per heavy atom. The number of hydrogen-bond donors (Lipinski definition) is 0. The average molecular weight is 792 g/mol. The van der Waals surface area contributed by atoms with E-state index in [4.69, 9.17) is 38.5 Å². The Balaban J connectivity index is 0.984. The molecule has 1 aromatic carbocycles. The van der Waals surface area contributed by atoms with Crippen molar-refractivity contribution in [3.8, 4) is 0 Å². The van der Waals surface area contributed by atoms with Gasteiger partial charge < -0.3 is 18.9 Å². The van der Waals surface area contributed by atoms with E-state index >= 15 is 0 Å². The molecule has 10 fully saturated rings. The Morgan fingerprint density at radius 1 is 0.719 bits per heavy atom. The second kappa shape index (κ2) is 14.3. The lowest BCUT2D eigenvalue weighted by atomic mass is 9.57. The molecule has 2 aliphatic carbocycles. The Kier molecular flexibility index (Phi) is 10.00. The first-order valence-corrected chi connectivity index (χ1v) is 21.6. The van der Waals surface area contributed by atoms with Crippen LogP contribution in [0.4, 0.5) is 5.69 Å². The molecule has 11 rings (SSSR count). The number of carbonyl (C=O) groups excluding carboxylic acids is 1. The van der Waals surface area contributed by atoms with Gasteiger partial charge in [-0.2, -0.15) is 0 Å². The fourth-order valence-electron chi connectivity index (χ4n) is 12.9. The number of nitro benzene ring substituents is 1. The number of benzene rings is 1. The van der Waals surface area contributed by atoms with Gasteiger partial charge in [-0.1, -0.05) is 52.0 Å². The monoisotopic (exact) mass is 791 g/mol. The van der Waals surface area contributed by atoms with Gasteiger partial charge in [0, 0.05) is 54.7 Å². The van der Waals surface area contributed by atoms with Crippen LogP contribution in [0.1, 0.15) is 123 Å². The van der Waals surface area contributed by atoms with Gasteiger partial charge in [0.05, 0.1) is 17.1 Å². The van der Waals surface area contributed by atoms with Crippen molar-refractivity contribution in [2.24, 2.45) is 53.3 Å². The van der Waals surface area contributed by atoms with E-state index in [1.807, 2.05) is 13.8 Å². The molecule has 16 atom stereocenters. The minimum Gasteiger partial charge on any atom is -0.346 e. The van der Waals surface area contributed by atoms with Crippen LogP contribution in [0.25, 0.3) is 0 Å². The van der Waals surface area contributed by atoms with E-state index < -0.39 is 46.2 Å². The topological polar surface area (TPSA) is 134 Å². The maximum Gasteiger partial charge on any atom is 0.269 e. The van der Waals surface area contributed by atoms with Gasteiger partial charge in [-0.05, 0) is 113 Å². The zero-order chi connectivity index (χ0) is 40.2. The maximum absolute atomic E-state index is 14.1. The second-order valence-corrected chi connectivity index (χ2v) is 19.6. The highest BCUT2D eigenvalue weighted by atomic mass is 17.3. The minimum absolute atomic E-state index is 0.0617. The molecule has 12 heteroatoms. The Labute approximate surface area is 336 Å². The number of nitro groups is 1. The van der Waals surface area contributed by atoms with E-state index in [2.05, 4.69) is 40.9 Å². The van der Waals surface area contributed by atoms with Crippen molar-refractivity contribution in [1.82, 2.24) is 0 Å². The molecule has 1 aromatic rings. The molecule has 2 saturated carbocycles. The van der Waals surface area contributed by atoms with Gasteiger partial charge in [-0.25, -0.2) is 19.6 Å². The summed E-state index contributed by atoms with van der Waals surface area (Å²) in [5.74, 6) is -0.333. The summed E-state index contributed by atoms with van der Waals surface area (Å²) in [6.07, 6.45) is 7.06. The molecule has 8 heterocycles. The Hall–Kier alpha value is -2.55. The first-order chi connectivity index (χ1) is 27.1. The number of Topliss-reactive ketones (excluding diaryl/α,β-unsaturated/α-hetero) is 1. The van der Waals surface area contributed by atoms with Gasteiger partial charge >= 0.3 is 0 Å². The molecule has 10 aliphatic rings. The van der Waals surface area contributed by atoms with Crippen molar-refractivity contribution in [2.75, 3.05) is 0 Å². The molecular weight excluding hydrogens is 730 g/mol. The predicted molar refractivity (Wildman–Crippen MR) is 207 cm³/mol. The molecule has 8 aliphatic heterocycles. The Bertz CT molecular complexity index is 1690. The molecule has 0 amide bonds. The highest BCUT2D eigenvalue weighted by Crippen LogP contribution is 2.63. The number of ether oxygens (including phenoxy) is 4. The lowest BCUT2D eigenvalue weighted by Crippen LogP contribution is -2.70. The third-order valence-electron chi connectivity index (χ3n) is 16.3. The standard InChI is InChI=1S/C45H61NO11/c1-24-9-15-35-28(5)38(50-40-44(35)33(24)17-19-42(7,52-40)54-56-44)21-26(3)32(23-37(47)30-11-13-31(14-12-30)46(48)49)27(4)22-39-29(6)36-16-10-25(2)34-18-20-43(8)53-41(51-39)45(34,36)57-55-43/h11-14,24-25,28-29,32-36,38-41H,3-4,9-10,15-23H2,1-2,5-8H3/t24-,25-,28-,29-,33+,34+,35+,36+,38-,39-,40-,41-,42+,43+,44-,45-/m1/s1. The van der Waals surface area contributed by atoms with Crippen molar-refractivity contribution in [3.63, 3.8) is 0 Å². The largest absolute Gasteiger partial charge is 0.346 e. The quantitative estimate of drug-likeness (QED) is 0.0738. The number of ketones is 1. The SMILES string of the molecule is C=C(C[C@H]1O[C@@H]2O[C@]3(C)CC[C@H]4[C@H](C)CC[C@@H]([C@H]1C)[C@@]24OO3)C(CC(=O)c1ccc([N+](=O)[O-])cc1)C(=C)C[C@H]1O[C@@H]2O[C@]3(C)CC[C@H]4[C@H](C)CC[C@@H]([C@H]1C)[C@@]24OO3. The summed E-state index contributed by atoms with van der Waals surface area (Å²) in [5.41, 5.74) is 0.706. The zero-order valence-electron chi connectivity index (χ0n) is 34.4. The van der Waals surface area contributed by atoms with Crippen molar-refractivity contribution in [1.29, 1.82) is 0 Å². The fraction of sp³-hybridized carbons (Fsp3) is 0.756. The van der Waals surface area contributed by atoms with Crippen LogP contribution in [-0.2, 0) is 38.5 Å². The molecule has 57 heavy (non-hydrogen) atoms. The maximum atomic E-state index is 14.1. The normalized spacial score (nSPS) is 47.0. The molecule has 312 valence electrons. The first-order valence-electron chi connectivity index (χ1n) is 21.6. The van der Waals surface area contributed by atoms with E-state index in [0.717, 1.165) is 62.5 Å². The molecule has 0 aromatic heterocycles. The predicted octanol–water partition coefficient (Wildman–Crippen LogP) is 9.18. The molecule has 0 radical (unpaired) electrons. The highest BCUT2D eigenvalue weighted by molar-refractivity contribution is 5.96. The summed E-state index contributed by atoms with van der Waals surface area (Å²) in [5, 5.41) is 11.4. The molecule has 8 saturated heterocycles. The fourth-order valence-corrected chi connectivity index (χ4v) is 12.9. The van der Waals surface area contributed by atoms with Crippen LogP contribution in [0.15, 0.2) is 48.6 Å². The second-order valence-electron chi connectivity index (χ2n) is 19.6. The van der Waals surface area contributed by atoms with E-state index in [9.17, 15) is 14.9 Å². The highest BCUT2D eigenvalue weighted by Gasteiger charge is 2.71. The van der Waals surface area contributed by atoms with E-state index in [0.29, 0.717) is 30.2 Å². The van der Waals surface area contributed by atoms with Crippen LogP contribution in [0.5, 0.6) is 0 Å². The molecule has 0 N–H and O–H groups in total. The van der Waals surface area contributed by atoms with Gasteiger partial charge in [0.15, 0.2) is 29.6 Å². The van der Waals surface area contributed by atoms with Crippen molar-refractivity contribution in [2.45, 2.75) is 160 Å². The van der Waals surface area contributed by atoms with Crippen LogP contribution in [0.2, 0.25) is 0 Å². The van der Waals surface area contributed by atoms with Crippen molar-refractivity contribution < 1.29 is 48.2 Å². The number of carbonyl (C=O) groups is 1. The third-order valence-corrected chi connectivity index (χ3v) is 16.3. The molecular formula is C45H61NO11. The lowest BCUT2D eigenvalue weighted by Gasteiger charge is -2.60. The van der Waals surface area contributed by atoms with Gasteiger partial charge in [-0.15, -0.1) is 0 Å². The molecule has 2 spiro atoms. The average Bonchev–Trinajstić information content (AvgIpc) is 3.55. The van der Waals surface area contributed by atoms with Gasteiger partial charge in [0.25, 0.3) is 5.69 Å². The van der Waals surface area contributed by atoms with Crippen LogP contribution < -0.4 is 0 Å². The number of nitrogens with zero attached hydrogens (tertiary/aromatic N) is 1. The van der Waals surface area contributed by atoms with Gasteiger partial charge in [-0.3, -0.25) is 14.9 Å². The summed E-state index contributed by atoms with van der Waals surface area (Å²) in [4.78, 5) is 49.9. The lowest BCUT2D eigenvalue weighted by molar-refractivity contribution is -0.571. The van der Waals surface area contributed by atoms with E-state index in [-0.39, 0.29) is 65.6 Å². The summed E-state index contributed by atoms with van der Waals surface area (Å²) >= 11 is 0. The number of fused-ring (bicyclic) bond motifs is 4. The van der Waals surface area contributed by atoms with Crippen LogP contribution in [-0.4, -0.2) is 58.3 Å². The van der Waals surface area contributed by atoms with Crippen LogP contribution >= 0.6 is 0 Å². The van der Waals surface area contributed by atoms with Crippen LogP contribution in [0.3, 0.4) is 0 Å². The summed E-state index contributed by atoms with van der Waals surface area (Å²) in [7, 11) is 0. The van der Waals surface area contributed by atoms with Crippen molar-refractivity contribution in [3.05, 3.63) is 64.2 Å². The van der Waals surface area contributed by atoms with E-state index in [1.54, 1.807) is 0 Å². The van der Waals surface area contributed by atoms with E-state index in [1.165, 1.54) is 24.3 Å². The summed E-state index contributed by atoms with van der Waals surface area (Å²) in [6.45, 7) is 22.3. The third kappa shape index (κ3) is 6.33. The van der Waals surface area contributed by atoms with Crippen LogP contribution in [0, 0.1) is 63.4 Å². The summed E-state index contributed by atoms with van der Waals surface area (Å²) < 4.78 is 27.3. The minimum atomic E-state index is -0.880. The molecule has 4 bridgehead atoms. The Morgan fingerprint density at radius 2 is 1.18 bits per heavy atom. The first kappa shape index (κ1) is 39.9. The smallest absolute Gasteiger partial charge is 0.269 e. The zero-order valence-corrected chi connectivity index (χ0v) is 34.4. The number of non-ortho nitro benzene ring substituents is 1. The summed E-state index contributed by atoms with van der Waals surface area (Å²) in [6, 6.07) is 5.82. The number of rotatable bonds is 10. The molecule has 12 nitrogen and oxygen atoms in total.